The van der Waals surface area contributed by atoms with Crippen molar-refractivity contribution < 1.29 is 19.4 Å². The minimum absolute atomic E-state index is 0.183. The van der Waals surface area contributed by atoms with Crippen LogP contribution >= 0.6 is 0 Å². The summed E-state index contributed by atoms with van der Waals surface area (Å²) in [5, 5.41) is 9.20. The summed E-state index contributed by atoms with van der Waals surface area (Å²) in [5.74, 6) is 0.402. The average molecular weight is 250 g/mol. The molecule has 1 fully saturated rings. The third kappa shape index (κ3) is 3.31. The molecule has 1 heterocycles. The molecule has 0 aliphatic carbocycles. The van der Waals surface area contributed by atoms with Crippen molar-refractivity contribution in [3.8, 4) is 5.75 Å². The predicted molar refractivity (Wildman–Crippen MR) is 66.7 cm³/mol. The Kier molecular flexibility index (Phi) is 4.33. The van der Waals surface area contributed by atoms with Crippen LogP contribution in [0.5, 0.6) is 5.75 Å². The molecule has 2 unspecified atom stereocenters. The van der Waals surface area contributed by atoms with Gasteiger partial charge in [-0.1, -0.05) is 0 Å². The summed E-state index contributed by atoms with van der Waals surface area (Å²) in [7, 11) is 0. The number of aliphatic hydroxyl groups excluding tert-OH is 1. The van der Waals surface area contributed by atoms with Crippen LogP contribution in [0.3, 0.4) is 0 Å². The molecule has 0 spiro atoms. The third-order valence-electron chi connectivity index (χ3n) is 2.92. The van der Waals surface area contributed by atoms with Crippen molar-refractivity contribution in [2.45, 2.75) is 38.6 Å². The summed E-state index contributed by atoms with van der Waals surface area (Å²) in [5.41, 5.74) is 0.488. The number of hydrogen-bond acceptors (Lipinski definition) is 4. The van der Waals surface area contributed by atoms with Crippen LogP contribution < -0.4 is 4.74 Å². The van der Waals surface area contributed by atoms with Crippen LogP contribution in [0.2, 0.25) is 0 Å². The Bertz CT molecular complexity index is 391. The molecule has 1 N–H and O–H groups in total. The highest BCUT2D eigenvalue weighted by atomic mass is 16.7. The topological polar surface area (TPSA) is 55.8 Å². The van der Waals surface area contributed by atoms with E-state index in [1.807, 2.05) is 0 Å². The summed E-state index contributed by atoms with van der Waals surface area (Å²) >= 11 is 0. The molecular weight excluding hydrogens is 232 g/mol. The Labute approximate surface area is 107 Å². The van der Waals surface area contributed by atoms with Gasteiger partial charge in [-0.3, -0.25) is 4.79 Å². The van der Waals surface area contributed by atoms with E-state index in [1.165, 1.54) is 6.92 Å². The Balaban J connectivity index is 1.96. The van der Waals surface area contributed by atoms with E-state index in [0.29, 0.717) is 11.3 Å². The van der Waals surface area contributed by atoms with E-state index in [0.717, 1.165) is 25.9 Å². The van der Waals surface area contributed by atoms with Crippen LogP contribution in [0.4, 0.5) is 0 Å². The van der Waals surface area contributed by atoms with Crippen molar-refractivity contribution in [3.63, 3.8) is 0 Å². The standard InChI is InChI=1S/C14H18O4/c1-10(15)14(16)11-5-7-12(8-6-11)18-13-4-2-3-9-17-13/h5-8,10,13,15H,2-4,9H2,1H3. The monoisotopic (exact) mass is 250 g/mol. The smallest absolute Gasteiger partial charge is 0.199 e. The van der Waals surface area contributed by atoms with E-state index in [9.17, 15) is 9.90 Å². The number of ether oxygens (including phenoxy) is 2. The third-order valence-corrected chi connectivity index (χ3v) is 2.92. The molecule has 0 bridgehead atoms. The van der Waals surface area contributed by atoms with E-state index >= 15 is 0 Å². The molecule has 2 atom stereocenters. The lowest BCUT2D eigenvalue weighted by atomic mass is 10.1. The lowest BCUT2D eigenvalue weighted by Gasteiger charge is -2.23. The molecule has 1 saturated heterocycles. The highest BCUT2D eigenvalue weighted by Gasteiger charge is 2.16. The van der Waals surface area contributed by atoms with Crippen LogP contribution in [-0.4, -0.2) is 29.9 Å². The molecule has 98 valence electrons. The number of ketones is 1. The number of Topliss-reactive ketones (excluding diaryl/α,β-unsaturated/α-hetero) is 1. The fourth-order valence-corrected chi connectivity index (χ4v) is 1.89. The van der Waals surface area contributed by atoms with Gasteiger partial charge in [0.15, 0.2) is 12.1 Å². The molecular formula is C14H18O4. The first-order valence-electron chi connectivity index (χ1n) is 6.27. The van der Waals surface area contributed by atoms with E-state index in [4.69, 9.17) is 9.47 Å². The van der Waals surface area contributed by atoms with Gasteiger partial charge in [-0.15, -0.1) is 0 Å². The normalized spacial score (nSPS) is 21.3. The van der Waals surface area contributed by atoms with Crippen molar-refractivity contribution in [3.05, 3.63) is 29.8 Å². The first-order valence-corrected chi connectivity index (χ1v) is 6.27. The molecule has 1 aromatic rings. The second-order valence-corrected chi connectivity index (χ2v) is 4.48. The summed E-state index contributed by atoms with van der Waals surface area (Å²) in [6, 6.07) is 6.78. The van der Waals surface area contributed by atoms with Gasteiger partial charge in [-0.05, 0) is 44.0 Å². The second kappa shape index (κ2) is 5.98. The summed E-state index contributed by atoms with van der Waals surface area (Å²) < 4.78 is 11.1. The zero-order valence-electron chi connectivity index (χ0n) is 10.5. The van der Waals surface area contributed by atoms with Crippen LogP contribution in [0, 0.1) is 0 Å². The van der Waals surface area contributed by atoms with E-state index in [2.05, 4.69) is 0 Å². The minimum atomic E-state index is -0.974. The van der Waals surface area contributed by atoms with Crippen LogP contribution in [0.15, 0.2) is 24.3 Å². The summed E-state index contributed by atoms with van der Waals surface area (Å²) in [4.78, 5) is 11.5. The van der Waals surface area contributed by atoms with Crippen LogP contribution in [0.1, 0.15) is 36.5 Å². The first kappa shape index (κ1) is 13.1. The van der Waals surface area contributed by atoms with Crippen molar-refractivity contribution in [1.82, 2.24) is 0 Å². The van der Waals surface area contributed by atoms with Crippen LogP contribution in [-0.2, 0) is 4.74 Å². The van der Waals surface area contributed by atoms with Gasteiger partial charge in [0.1, 0.15) is 11.9 Å². The fourth-order valence-electron chi connectivity index (χ4n) is 1.89. The number of rotatable bonds is 4. The number of carbonyl (C=O) groups is 1. The fraction of sp³-hybridized carbons (Fsp3) is 0.500. The second-order valence-electron chi connectivity index (χ2n) is 4.48. The minimum Gasteiger partial charge on any atom is -0.465 e. The van der Waals surface area contributed by atoms with Crippen molar-refractivity contribution in [2.24, 2.45) is 0 Å². The number of carbonyl (C=O) groups excluding carboxylic acids is 1. The number of benzene rings is 1. The number of aliphatic hydroxyl groups is 1. The molecule has 1 aromatic carbocycles. The molecule has 0 aromatic heterocycles. The zero-order chi connectivity index (χ0) is 13.0. The van der Waals surface area contributed by atoms with Crippen molar-refractivity contribution in [2.75, 3.05) is 6.61 Å². The van der Waals surface area contributed by atoms with E-state index < -0.39 is 6.10 Å². The maximum atomic E-state index is 11.5. The van der Waals surface area contributed by atoms with E-state index in [-0.39, 0.29) is 12.1 Å². The molecule has 0 radical (unpaired) electrons. The van der Waals surface area contributed by atoms with Gasteiger partial charge in [0.2, 0.25) is 0 Å². The van der Waals surface area contributed by atoms with Crippen molar-refractivity contribution >= 4 is 5.78 Å². The van der Waals surface area contributed by atoms with Crippen LogP contribution in [0.25, 0.3) is 0 Å². The van der Waals surface area contributed by atoms with Gasteiger partial charge in [0, 0.05) is 12.0 Å². The molecule has 4 heteroatoms. The molecule has 0 saturated carbocycles. The molecule has 2 rings (SSSR count). The Morgan fingerprint density at radius 2 is 2.11 bits per heavy atom. The van der Waals surface area contributed by atoms with Crippen molar-refractivity contribution in [1.29, 1.82) is 0 Å². The lowest BCUT2D eigenvalue weighted by molar-refractivity contribution is -0.105. The SMILES string of the molecule is CC(O)C(=O)c1ccc(OC2CCCCO2)cc1. The maximum Gasteiger partial charge on any atom is 0.199 e. The maximum absolute atomic E-state index is 11.5. The Morgan fingerprint density at radius 3 is 2.67 bits per heavy atom. The average Bonchev–Trinajstić information content (AvgIpc) is 2.40. The van der Waals surface area contributed by atoms with Gasteiger partial charge in [0.05, 0.1) is 6.61 Å². The van der Waals surface area contributed by atoms with E-state index in [1.54, 1.807) is 24.3 Å². The van der Waals surface area contributed by atoms with Gasteiger partial charge < -0.3 is 14.6 Å². The summed E-state index contributed by atoms with van der Waals surface area (Å²) in [6.45, 7) is 2.20. The Morgan fingerprint density at radius 1 is 1.39 bits per heavy atom. The summed E-state index contributed by atoms with van der Waals surface area (Å²) in [6.07, 6.45) is 1.94. The molecule has 18 heavy (non-hydrogen) atoms. The molecule has 1 aliphatic heterocycles. The van der Waals surface area contributed by atoms with Gasteiger partial charge >= 0.3 is 0 Å². The molecule has 0 amide bonds. The zero-order valence-corrected chi connectivity index (χ0v) is 10.5. The highest BCUT2D eigenvalue weighted by molar-refractivity contribution is 5.99. The Hall–Kier alpha value is -1.39. The number of hydrogen-bond donors (Lipinski definition) is 1. The highest BCUT2D eigenvalue weighted by Crippen LogP contribution is 2.20. The molecule has 4 nitrogen and oxygen atoms in total. The lowest BCUT2D eigenvalue weighted by Crippen LogP contribution is -2.25. The predicted octanol–water partition coefficient (Wildman–Crippen LogP) is 2.16. The quantitative estimate of drug-likeness (QED) is 0.832. The van der Waals surface area contributed by atoms with Gasteiger partial charge in [-0.2, -0.15) is 0 Å². The molecule has 1 aliphatic rings. The van der Waals surface area contributed by atoms with Gasteiger partial charge in [-0.25, -0.2) is 0 Å². The first-order chi connectivity index (χ1) is 8.66. The van der Waals surface area contributed by atoms with Gasteiger partial charge in [0.25, 0.3) is 0 Å². The largest absolute Gasteiger partial charge is 0.465 e.